The SMILES string of the molecule is COC(=O)CCCC(=O)N1CC[C@]2(CCCN(Cc3ccccc3F)C2=O)C1. The molecule has 0 unspecified atom stereocenters. The lowest BCUT2D eigenvalue weighted by molar-refractivity contribution is -0.146. The summed E-state index contributed by atoms with van der Waals surface area (Å²) in [5.41, 5.74) is -0.0386. The van der Waals surface area contributed by atoms with Gasteiger partial charge >= 0.3 is 5.97 Å². The van der Waals surface area contributed by atoms with Crippen LogP contribution in [0.5, 0.6) is 0 Å². The smallest absolute Gasteiger partial charge is 0.305 e. The molecule has 1 spiro atoms. The van der Waals surface area contributed by atoms with Crippen LogP contribution in [0.4, 0.5) is 4.39 Å². The molecule has 152 valence electrons. The van der Waals surface area contributed by atoms with E-state index >= 15 is 0 Å². The lowest BCUT2D eigenvalue weighted by atomic mass is 9.78. The lowest BCUT2D eigenvalue weighted by Gasteiger charge is -2.39. The second kappa shape index (κ2) is 8.71. The first kappa shape index (κ1) is 20.3. The van der Waals surface area contributed by atoms with Crippen LogP contribution >= 0.6 is 0 Å². The normalized spacial score (nSPS) is 22.0. The van der Waals surface area contributed by atoms with Gasteiger partial charge < -0.3 is 14.5 Å². The number of piperidine rings is 1. The zero-order valence-corrected chi connectivity index (χ0v) is 16.3. The van der Waals surface area contributed by atoms with Crippen LogP contribution < -0.4 is 0 Å². The third-order valence-corrected chi connectivity index (χ3v) is 5.85. The molecule has 2 amide bonds. The van der Waals surface area contributed by atoms with Crippen molar-refractivity contribution in [1.82, 2.24) is 9.80 Å². The van der Waals surface area contributed by atoms with Gasteiger partial charge in [-0.05, 0) is 31.7 Å². The summed E-state index contributed by atoms with van der Waals surface area (Å²) in [4.78, 5) is 40.3. The molecule has 1 atom stereocenters. The Balaban J connectivity index is 1.59. The van der Waals surface area contributed by atoms with Gasteiger partial charge in [0.15, 0.2) is 0 Å². The van der Waals surface area contributed by atoms with E-state index in [0.717, 1.165) is 12.8 Å². The van der Waals surface area contributed by atoms with E-state index in [4.69, 9.17) is 0 Å². The lowest BCUT2D eigenvalue weighted by Crippen LogP contribution is -2.50. The van der Waals surface area contributed by atoms with Crippen molar-refractivity contribution in [3.05, 3.63) is 35.6 Å². The van der Waals surface area contributed by atoms with E-state index in [-0.39, 0.29) is 43.0 Å². The fourth-order valence-corrected chi connectivity index (χ4v) is 4.24. The minimum Gasteiger partial charge on any atom is -0.469 e. The maximum Gasteiger partial charge on any atom is 0.305 e. The molecule has 1 aromatic rings. The minimum atomic E-state index is -0.554. The quantitative estimate of drug-likeness (QED) is 0.700. The number of carbonyl (C=O) groups is 3. The van der Waals surface area contributed by atoms with E-state index in [0.29, 0.717) is 38.0 Å². The van der Waals surface area contributed by atoms with Crippen molar-refractivity contribution in [2.75, 3.05) is 26.7 Å². The molecule has 3 rings (SSSR count). The molecule has 2 aliphatic rings. The Morgan fingerprint density at radius 2 is 1.96 bits per heavy atom. The van der Waals surface area contributed by atoms with Crippen molar-refractivity contribution in [2.24, 2.45) is 5.41 Å². The molecule has 6 nitrogen and oxygen atoms in total. The summed E-state index contributed by atoms with van der Waals surface area (Å²) in [7, 11) is 1.33. The largest absolute Gasteiger partial charge is 0.469 e. The van der Waals surface area contributed by atoms with Gasteiger partial charge in [0.2, 0.25) is 11.8 Å². The van der Waals surface area contributed by atoms with Crippen molar-refractivity contribution < 1.29 is 23.5 Å². The number of rotatable bonds is 6. The molecular formula is C21H27FN2O4. The van der Waals surface area contributed by atoms with Gasteiger partial charge in [-0.3, -0.25) is 14.4 Å². The third-order valence-electron chi connectivity index (χ3n) is 5.85. The average molecular weight is 390 g/mol. The molecule has 7 heteroatoms. The maximum atomic E-state index is 14.0. The highest BCUT2D eigenvalue weighted by atomic mass is 19.1. The van der Waals surface area contributed by atoms with Crippen molar-refractivity contribution >= 4 is 17.8 Å². The van der Waals surface area contributed by atoms with Crippen LogP contribution in [-0.4, -0.2) is 54.3 Å². The number of carbonyl (C=O) groups excluding carboxylic acids is 3. The van der Waals surface area contributed by atoms with Crippen LogP contribution in [0.2, 0.25) is 0 Å². The predicted octanol–water partition coefficient (Wildman–Crippen LogP) is 2.51. The molecule has 2 saturated heterocycles. The van der Waals surface area contributed by atoms with Gasteiger partial charge in [-0.15, -0.1) is 0 Å². The van der Waals surface area contributed by atoms with Gasteiger partial charge in [0.05, 0.1) is 12.5 Å². The summed E-state index contributed by atoms with van der Waals surface area (Å²) in [6.07, 6.45) is 3.19. The van der Waals surface area contributed by atoms with E-state index < -0.39 is 5.41 Å². The number of ether oxygens (including phenoxy) is 1. The molecule has 0 N–H and O–H groups in total. The highest BCUT2D eigenvalue weighted by Gasteiger charge is 2.49. The standard InChI is InChI=1S/C21H27FN2O4/c1-28-19(26)9-4-8-18(25)24-13-11-21(15-24)10-5-12-23(20(21)27)14-16-6-2-3-7-17(16)22/h2-3,6-7H,4-5,8-15H2,1H3/t21-/m1/s1. The van der Waals surface area contributed by atoms with E-state index in [1.165, 1.54) is 13.2 Å². The average Bonchev–Trinajstić information content (AvgIpc) is 3.12. The second-order valence-electron chi connectivity index (χ2n) is 7.70. The molecule has 0 saturated carbocycles. The number of amides is 2. The minimum absolute atomic E-state index is 0.0202. The predicted molar refractivity (Wildman–Crippen MR) is 101 cm³/mol. The molecule has 2 aliphatic heterocycles. The van der Waals surface area contributed by atoms with Crippen LogP contribution in [0.3, 0.4) is 0 Å². The van der Waals surface area contributed by atoms with Crippen LogP contribution in [0, 0.1) is 11.2 Å². The summed E-state index contributed by atoms with van der Waals surface area (Å²) in [5.74, 6) is -0.632. The number of halogens is 1. The second-order valence-corrected chi connectivity index (χ2v) is 7.70. The highest BCUT2D eigenvalue weighted by molar-refractivity contribution is 5.86. The highest BCUT2D eigenvalue weighted by Crippen LogP contribution is 2.40. The summed E-state index contributed by atoms with van der Waals surface area (Å²) in [5, 5.41) is 0. The van der Waals surface area contributed by atoms with Crippen LogP contribution in [-0.2, 0) is 25.7 Å². The first-order valence-corrected chi connectivity index (χ1v) is 9.82. The van der Waals surface area contributed by atoms with Gasteiger partial charge in [0.25, 0.3) is 0 Å². The Hall–Kier alpha value is -2.44. The molecule has 1 aromatic carbocycles. The molecule has 0 aromatic heterocycles. The topological polar surface area (TPSA) is 66.9 Å². The van der Waals surface area contributed by atoms with Gasteiger partial charge in [0.1, 0.15) is 5.82 Å². The summed E-state index contributed by atoms with van der Waals surface area (Å²) in [6, 6.07) is 6.52. The van der Waals surface area contributed by atoms with E-state index in [2.05, 4.69) is 4.74 Å². The van der Waals surface area contributed by atoms with Gasteiger partial charge in [0, 0.05) is 44.6 Å². The van der Waals surface area contributed by atoms with Crippen molar-refractivity contribution in [3.63, 3.8) is 0 Å². The molecule has 2 heterocycles. The van der Waals surface area contributed by atoms with Gasteiger partial charge in [-0.25, -0.2) is 4.39 Å². The summed E-state index contributed by atoms with van der Waals surface area (Å²) < 4.78 is 18.6. The van der Waals surface area contributed by atoms with Crippen LogP contribution in [0.15, 0.2) is 24.3 Å². The van der Waals surface area contributed by atoms with E-state index in [1.807, 2.05) is 0 Å². The Morgan fingerprint density at radius 1 is 1.18 bits per heavy atom. The number of esters is 1. The van der Waals surface area contributed by atoms with Crippen LogP contribution in [0.25, 0.3) is 0 Å². The number of methoxy groups -OCH3 is 1. The van der Waals surface area contributed by atoms with E-state index in [9.17, 15) is 18.8 Å². The number of benzene rings is 1. The first-order valence-electron chi connectivity index (χ1n) is 9.82. The summed E-state index contributed by atoms with van der Waals surface area (Å²) in [6.45, 7) is 1.84. The maximum absolute atomic E-state index is 14.0. The number of likely N-dealkylation sites (tertiary alicyclic amines) is 2. The molecular weight excluding hydrogens is 363 g/mol. The van der Waals surface area contributed by atoms with Crippen LogP contribution in [0.1, 0.15) is 44.1 Å². The Kier molecular flexibility index (Phi) is 6.31. The zero-order chi connectivity index (χ0) is 20.1. The fourth-order valence-electron chi connectivity index (χ4n) is 4.24. The van der Waals surface area contributed by atoms with E-state index in [1.54, 1.807) is 28.0 Å². The number of hydrogen-bond acceptors (Lipinski definition) is 4. The van der Waals surface area contributed by atoms with Crippen molar-refractivity contribution in [1.29, 1.82) is 0 Å². The Labute approximate surface area is 164 Å². The summed E-state index contributed by atoms with van der Waals surface area (Å²) >= 11 is 0. The number of hydrogen-bond donors (Lipinski definition) is 0. The van der Waals surface area contributed by atoms with Gasteiger partial charge in [-0.2, -0.15) is 0 Å². The molecule has 28 heavy (non-hydrogen) atoms. The number of nitrogens with zero attached hydrogens (tertiary/aromatic N) is 2. The molecule has 0 radical (unpaired) electrons. The Bertz CT molecular complexity index is 754. The third kappa shape index (κ3) is 4.34. The van der Waals surface area contributed by atoms with Crippen molar-refractivity contribution in [3.8, 4) is 0 Å². The molecule has 2 fully saturated rings. The fraction of sp³-hybridized carbons (Fsp3) is 0.571. The molecule has 0 bridgehead atoms. The van der Waals surface area contributed by atoms with Crippen molar-refractivity contribution in [2.45, 2.75) is 45.1 Å². The monoisotopic (exact) mass is 390 g/mol. The first-order chi connectivity index (χ1) is 13.4. The Morgan fingerprint density at radius 3 is 2.71 bits per heavy atom. The molecule has 0 aliphatic carbocycles. The van der Waals surface area contributed by atoms with Gasteiger partial charge in [-0.1, -0.05) is 18.2 Å². The zero-order valence-electron chi connectivity index (χ0n) is 16.3.